The van der Waals surface area contributed by atoms with E-state index in [2.05, 4.69) is 47.7 Å². The minimum atomic E-state index is -1.86. The Balaban J connectivity index is 2.66. The first-order valence-corrected chi connectivity index (χ1v) is 12.4. The number of hydrogen-bond donors (Lipinski definition) is 1. The topological polar surface area (TPSA) is 38.7 Å². The standard InChI is InChI=1S/C21H38O3Si/c1-9-19(24-25(7,8)21(4,5)6)16(2)20(22)17(3)23-15-18-13-11-10-12-14-18/h10-14,16-17,19-20,22H,9,15H2,1-8H3/t16-,17+,19+,20+/m0/s1. The first-order valence-electron chi connectivity index (χ1n) is 9.51. The molecule has 25 heavy (non-hydrogen) atoms. The van der Waals surface area contributed by atoms with Crippen molar-refractivity contribution < 1.29 is 14.3 Å². The second-order valence-corrected chi connectivity index (χ2v) is 13.4. The van der Waals surface area contributed by atoms with Crippen molar-refractivity contribution in [2.45, 2.75) is 91.0 Å². The SMILES string of the molecule is CC[C@@H](O[Si](C)(C)C(C)(C)C)[C@H](C)[C@@H](O)[C@@H](C)OCc1ccccc1. The van der Waals surface area contributed by atoms with Crippen molar-refractivity contribution in [3.63, 3.8) is 0 Å². The number of hydrogen-bond acceptors (Lipinski definition) is 3. The summed E-state index contributed by atoms with van der Waals surface area (Å²) in [5.74, 6) is 0.0323. The highest BCUT2D eigenvalue weighted by atomic mass is 28.4. The molecule has 4 heteroatoms. The lowest BCUT2D eigenvalue weighted by atomic mass is 9.93. The average Bonchev–Trinajstić information content (AvgIpc) is 2.56. The van der Waals surface area contributed by atoms with Crippen LogP contribution >= 0.6 is 0 Å². The van der Waals surface area contributed by atoms with E-state index >= 15 is 0 Å². The zero-order valence-electron chi connectivity index (χ0n) is 17.4. The van der Waals surface area contributed by atoms with Crippen LogP contribution in [0, 0.1) is 5.92 Å². The molecule has 144 valence electrons. The summed E-state index contributed by atoms with van der Waals surface area (Å²) in [6.45, 7) is 18.0. The fourth-order valence-electron chi connectivity index (χ4n) is 2.67. The van der Waals surface area contributed by atoms with E-state index in [1.807, 2.05) is 37.3 Å². The van der Waals surface area contributed by atoms with Crippen LogP contribution in [0.4, 0.5) is 0 Å². The van der Waals surface area contributed by atoms with Gasteiger partial charge in [-0.05, 0) is 37.0 Å². The molecule has 1 rings (SSSR count). The van der Waals surface area contributed by atoms with Gasteiger partial charge < -0.3 is 14.3 Å². The summed E-state index contributed by atoms with van der Waals surface area (Å²) >= 11 is 0. The van der Waals surface area contributed by atoms with E-state index in [9.17, 15) is 5.11 Å². The largest absolute Gasteiger partial charge is 0.414 e. The zero-order chi connectivity index (χ0) is 19.3. The summed E-state index contributed by atoms with van der Waals surface area (Å²) in [6, 6.07) is 10.1. The molecule has 0 heterocycles. The lowest BCUT2D eigenvalue weighted by molar-refractivity contribution is -0.0788. The first-order chi connectivity index (χ1) is 11.5. The average molecular weight is 367 g/mol. The molecule has 3 nitrogen and oxygen atoms in total. The van der Waals surface area contributed by atoms with E-state index in [1.165, 1.54) is 0 Å². The highest BCUT2D eigenvalue weighted by molar-refractivity contribution is 6.74. The molecule has 0 aliphatic rings. The van der Waals surface area contributed by atoms with E-state index in [1.54, 1.807) is 0 Å². The molecule has 0 spiro atoms. The smallest absolute Gasteiger partial charge is 0.192 e. The minimum Gasteiger partial charge on any atom is -0.414 e. The van der Waals surface area contributed by atoms with Gasteiger partial charge in [-0.25, -0.2) is 0 Å². The molecule has 1 N–H and O–H groups in total. The Kier molecular flexibility index (Phi) is 8.33. The van der Waals surface area contributed by atoms with Crippen molar-refractivity contribution in [3.05, 3.63) is 35.9 Å². The Morgan fingerprint density at radius 3 is 2.12 bits per heavy atom. The Hall–Kier alpha value is -0.683. The molecule has 0 saturated carbocycles. The van der Waals surface area contributed by atoms with Gasteiger partial charge in [0.1, 0.15) is 0 Å². The first kappa shape index (κ1) is 22.4. The molecule has 0 radical (unpaired) electrons. The van der Waals surface area contributed by atoms with E-state index in [0.717, 1.165) is 12.0 Å². The molecular weight excluding hydrogens is 328 g/mol. The molecule has 0 bridgehead atoms. The number of ether oxygens (including phenoxy) is 1. The summed E-state index contributed by atoms with van der Waals surface area (Å²) in [4.78, 5) is 0. The van der Waals surface area contributed by atoms with Gasteiger partial charge in [0.15, 0.2) is 8.32 Å². The number of rotatable bonds is 9. The maximum absolute atomic E-state index is 10.8. The predicted octanol–water partition coefficient (Wildman–Crippen LogP) is 5.39. The van der Waals surface area contributed by atoms with Crippen molar-refractivity contribution in [2.24, 2.45) is 5.92 Å². The fraction of sp³-hybridized carbons (Fsp3) is 0.714. The molecule has 1 aromatic carbocycles. The molecule has 0 fully saturated rings. The summed E-state index contributed by atoms with van der Waals surface area (Å²) in [5, 5.41) is 10.9. The number of aliphatic hydroxyl groups excluding tert-OH is 1. The monoisotopic (exact) mass is 366 g/mol. The Labute approximate surface area is 155 Å². The molecule has 4 atom stereocenters. The van der Waals surface area contributed by atoms with Gasteiger partial charge >= 0.3 is 0 Å². The van der Waals surface area contributed by atoms with Crippen LogP contribution in [0.1, 0.15) is 53.5 Å². The van der Waals surface area contributed by atoms with E-state index in [4.69, 9.17) is 9.16 Å². The van der Waals surface area contributed by atoms with E-state index in [0.29, 0.717) is 6.61 Å². The third-order valence-corrected chi connectivity index (χ3v) is 10.1. The van der Waals surface area contributed by atoms with Crippen LogP contribution in [0.15, 0.2) is 30.3 Å². The molecular formula is C21H38O3Si. The predicted molar refractivity (Wildman–Crippen MR) is 108 cm³/mol. The molecule has 1 aromatic rings. The van der Waals surface area contributed by atoms with Crippen LogP contribution in [-0.2, 0) is 15.8 Å². The lowest BCUT2D eigenvalue weighted by Gasteiger charge is -2.42. The van der Waals surface area contributed by atoms with Crippen LogP contribution in [-0.4, -0.2) is 31.7 Å². The van der Waals surface area contributed by atoms with Gasteiger partial charge in [0.2, 0.25) is 0 Å². The highest BCUT2D eigenvalue weighted by Gasteiger charge is 2.41. The van der Waals surface area contributed by atoms with Crippen LogP contribution in [0.25, 0.3) is 0 Å². The van der Waals surface area contributed by atoms with E-state index in [-0.39, 0.29) is 23.2 Å². The minimum absolute atomic E-state index is 0.0323. The third kappa shape index (κ3) is 6.52. The Bertz CT molecular complexity index is 496. The zero-order valence-corrected chi connectivity index (χ0v) is 18.4. The summed E-state index contributed by atoms with van der Waals surface area (Å²) in [6.07, 6.45) is 0.181. The van der Waals surface area contributed by atoms with Crippen molar-refractivity contribution >= 4 is 8.32 Å². The van der Waals surface area contributed by atoms with E-state index < -0.39 is 14.4 Å². The fourth-order valence-corrected chi connectivity index (χ4v) is 4.16. The van der Waals surface area contributed by atoms with Crippen molar-refractivity contribution in [1.82, 2.24) is 0 Å². The summed E-state index contributed by atoms with van der Waals surface area (Å²) < 4.78 is 12.5. The maximum Gasteiger partial charge on any atom is 0.192 e. The van der Waals surface area contributed by atoms with Gasteiger partial charge in [0.25, 0.3) is 0 Å². The van der Waals surface area contributed by atoms with Crippen molar-refractivity contribution in [2.75, 3.05) is 0 Å². The summed E-state index contributed by atoms with van der Waals surface area (Å²) in [7, 11) is -1.86. The van der Waals surface area contributed by atoms with Crippen LogP contribution in [0.2, 0.25) is 18.1 Å². The second kappa shape index (κ2) is 9.31. The molecule has 0 saturated heterocycles. The molecule has 0 aliphatic heterocycles. The second-order valence-electron chi connectivity index (χ2n) is 8.68. The summed E-state index contributed by atoms with van der Waals surface area (Å²) in [5.41, 5.74) is 1.12. The van der Waals surface area contributed by atoms with Crippen molar-refractivity contribution in [3.8, 4) is 0 Å². The van der Waals surface area contributed by atoms with Gasteiger partial charge in [-0.15, -0.1) is 0 Å². The molecule has 0 amide bonds. The molecule has 0 aromatic heterocycles. The Morgan fingerprint density at radius 2 is 1.64 bits per heavy atom. The normalized spacial score (nSPS) is 17.8. The van der Waals surface area contributed by atoms with Crippen LogP contribution in [0.3, 0.4) is 0 Å². The van der Waals surface area contributed by atoms with Crippen LogP contribution in [0.5, 0.6) is 0 Å². The lowest BCUT2D eigenvalue weighted by Crippen LogP contribution is -2.48. The van der Waals surface area contributed by atoms with Crippen LogP contribution < -0.4 is 0 Å². The molecule has 0 unspecified atom stereocenters. The van der Waals surface area contributed by atoms with Crippen molar-refractivity contribution in [1.29, 1.82) is 0 Å². The third-order valence-electron chi connectivity index (χ3n) is 5.62. The number of aliphatic hydroxyl groups is 1. The molecule has 0 aliphatic carbocycles. The van der Waals surface area contributed by atoms with Gasteiger partial charge in [-0.1, -0.05) is 65.0 Å². The highest BCUT2D eigenvalue weighted by Crippen LogP contribution is 2.39. The quantitative estimate of drug-likeness (QED) is 0.596. The Morgan fingerprint density at radius 1 is 1.08 bits per heavy atom. The van der Waals surface area contributed by atoms with Gasteiger partial charge in [0.05, 0.1) is 18.8 Å². The van der Waals surface area contributed by atoms with Gasteiger partial charge in [-0.3, -0.25) is 0 Å². The van der Waals surface area contributed by atoms with Gasteiger partial charge in [0, 0.05) is 12.0 Å². The van der Waals surface area contributed by atoms with Gasteiger partial charge in [-0.2, -0.15) is 0 Å². The number of benzene rings is 1. The maximum atomic E-state index is 10.8.